The summed E-state index contributed by atoms with van der Waals surface area (Å²) in [6.45, 7) is 5.28. The molecule has 5 heteroatoms. The van der Waals surface area contributed by atoms with E-state index in [1.54, 1.807) is 24.3 Å². The van der Waals surface area contributed by atoms with Crippen molar-refractivity contribution in [3.63, 3.8) is 0 Å². The zero-order valence-corrected chi connectivity index (χ0v) is 14.5. The molecule has 1 aliphatic rings. The average molecular weight is 317 g/mol. The van der Waals surface area contributed by atoms with Crippen LogP contribution in [0.2, 0.25) is 0 Å². The fourth-order valence-corrected chi connectivity index (χ4v) is 3.25. The van der Waals surface area contributed by atoms with Gasteiger partial charge in [-0.3, -0.25) is 4.79 Å². The molecule has 0 bridgehead atoms. The first-order valence-electron chi connectivity index (χ1n) is 8.25. The lowest BCUT2D eigenvalue weighted by Gasteiger charge is -2.24. The van der Waals surface area contributed by atoms with E-state index < -0.39 is 0 Å². The number of hydrogen-bond donors (Lipinski definition) is 1. The smallest absolute Gasteiger partial charge is 0.321 e. The van der Waals surface area contributed by atoms with Gasteiger partial charge in [-0.05, 0) is 57.6 Å². The van der Waals surface area contributed by atoms with Gasteiger partial charge in [0.1, 0.15) is 0 Å². The Morgan fingerprint density at radius 1 is 1.22 bits per heavy atom. The Labute approximate surface area is 138 Å². The van der Waals surface area contributed by atoms with E-state index in [1.807, 2.05) is 4.90 Å². The molecule has 2 atom stereocenters. The molecule has 126 valence electrons. The maximum absolute atomic E-state index is 12.5. The lowest BCUT2D eigenvalue weighted by molar-refractivity contribution is 0.101. The van der Waals surface area contributed by atoms with E-state index in [0.29, 0.717) is 17.5 Å². The van der Waals surface area contributed by atoms with Crippen LogP contribution in [0.15, 0.2) is 24.3 Å². The second-order valence-corrected chi connectivity index (χ2v) is 6.55. The molecule has 1 saturated heterocycles. The summed E-state index contributed by atoms with van der Waals surface area (Å²) in [5.74, 6) is 0.555. The minimum absolute atomic E-state index is 0.0265. The zero-order valence-electron chi connectivity index (χ0n) is 14.5. The van der Waals surface area contributed by atoms with Crippen LogP contribution in [0.3, 0.4) is 0 Å². The van der Waals surface area contributed by atoms with Crippen molar-refractivity contribution in [1.29, 1.82) is 0 Å². The molecule has 0 spiro atoms. The predicted molar refractivity (Wildman–Crippen MR) is 92.9 cm³/mol. The number of likely N-dealkylation sites (N-methyl/N-ethyl adjacent to an activating group) is 1. The molecule has 0 aromatic heterocycles. The van der Waals surface area contributed by atoms with Gasteiger partial charge in [0, 0.05) is 30.4 Å². The SMILES string of the molecule is CCC[C@@H]1CN(C(=O)Nc2ccc(C(C)=O)cc2)C[C@H]1N(C)C. The molecule has 0 aliphatic carbocycles. The summed E-state index contributed by atoms with van der Waals surface area (Å²) in [6, 6.07) is 7.39. The normalized spacial score (nSPS) is 20.8. The summed E-state index contributed by atoms with van der Waals surface area (Å²) in [7, 11) is 4.16. The van der Waals surface area contributed by atoms with Crippen LogP contribution in [-0.2, 0) is 0 Å². The minimum Gasteiger partial charge on any atom is -0.323 e. The largest absolute Gasteiger partial charge is 0.323 e. The van der Waals surface area contributed by atoms with Crippen LogP contribution in [0, 0.1) is 5.92 Å². The van der Waals surface area contributed by atoms with Gasteiger partial charge in [0.05, 0.1) is 0 Å². The molecule has 2 rings (SSSR count). The fourth-order valence-electron chi connectivity index (χ4n) is 3.25. The highest BCUT2D eigenvalue weighted by molar-refractivity contribution is 5.95. The first-order chi connectivity index (χ1) is 10.9. The molecule has 2 amide bonds. The van der Waals surface area contributed by atoms with Crippen LogP contribution < -0.4 is 5.32 Å². The number of benzene rings is 1. The van der Waals surface area contributed by atoms with Crippen molar-refractivity contribution in [1.82, 2.24) is 9.80 Å². The second-order valence-electron chi connectivity index (χ2n) is 6.55. The molecule has 1 aromatic carbocycles. The molecule has 1 aliphatic heterocycles. The second kappa shape index (κ2) is 7.59. The van der Waals surface area contributed by atoms with Crippen molar-refractivity contribution in [2.75, 3.05) is 32.5 Å². The van der Waals surface area contributed by atoms with Crippen molar-refractivity contribution in [3.8, 4) is 0 Å². The highest BCUT2D eigenvalue weighted by Crippen LogP contribution is 2.25. The molecule has 1 aromatic rings. The molecule has 5 nitrogen and oxygen atoms in total. The van der Waals surface area contributed by atoms with Gasteiger partial charge in [-0.15, -0.1) is 0 Å². The molecule has 0 radical (unpaired) electrons. The molecular formula is C18H27N3O2. The number of amides is 2. The number of Topliss-reactive ketones (excluding diaryl/α,β-unsaturated/α-hetero) is 1. The summed E-state index contributed by atoms with van der Waals surface area (Å²) in [5, 5.41) is 2.93. The molecular weight excluding hydrogens is 290 g/mol. The van der Waals surface area contributed by atoms with E-state index in [-0.39, 0.29) is 11.8 Å². The summed E-state index contributed by atoms with van der Waals surface area (Å²) in [4.78, 5) is 27.9. The van der Waals surface area contributed by atoms with Crippen LogP contribution in [0.1, 0.15) is 37.0 Å². The van der Waals surface area contributed by atoms with Gasteiger partial charge >= 0.3 is 6.03 Å². The highest BCUT2D eigenvalue weighted by Gasteiger charge is 2.35. The van der Waals surface area contributed by atoms with E-state index in [2.05, 4.69) is 31.2 Å². The van der Waals surface area contributed by atoms with Gasteiger partial charge in [-0.2, -0.15) is 0 Å². The van der Waals surface area contributed by atoms with Gasteiger partial charge in [0.25, 0.3) is 0 Å². The maximum atomic E-state index is 12.5. The number of anilines is 1. The molecule has 0 unspecified atom stereocenters. The summed E-state index contributed by atoms with van der Waals surface area (Å²) in [6.07, 6.45) is 2.27. The third kappa shape index (κ3) is 4.32. The Balaban J connectivity index is 1.99. The molecule has 1 fully saturated rings. The third-order valence-electron chi connectivity index (χ3n) is 4.56. The fraction of sp³-hybridized carbons (Fsp3) is 0.556. The van der Waals surface area contributed by atoms with Crippen molar-refractivity contribution in [2.45, 2.75) is 32.7 Å². The maximum Gasteiger partial charge on any atom is 0.321 e. The lowest BCUT2D eigenvalue weighted by Crippen LogP contribution is -2.37. The standard InChI is InChI=1S/C18H27N3O2/c1-5-6-15-11-21(12-17(15)20(3)4)18(23)19-16-9-7-14(8-10-16)13(2)22/h7-10,15,17H,5-6,11-12H2,1-4H3,(H,19,23)/t15-,17-/m1/s1. The summed E-state index contributed by atoms with van der Waals surface area (Å²) < 4.78 is 0. The molecule has 1 N–H and O–H groups in total. The number of urea groups is 1. The van der Waals surface area contributed by atoms with Crippen LogP contribution in [-0.4, -0.2) is 54.8 Å². The quantitative estimate of drug-likeness (QED) is 0.849. The van der Waals surface area contributed by atoms with Crippen molar-refractivity contribution >= 4 is 17.5 Å². The topological polar surface area (TPSA) is 52.7 Å². The van der Waals surface area contributed by atoms with Crippen LogP contribution in [0.5, 0.6) is 0 Å². The Morgan fingerprint density at radius 3 is 2.39 bits per heavy atom. The lowest BCUT2D eigenvalue weighted by atomic mass is 9.98. The average Bonchev–Trinajstić information content (AvgIpc) is 2.92. The first kappa shape index (κ1) is 17.5. The van der Waals surface area contributed by atoms with E-state index in [4.69, 9.17) is 0 Å². The molecule has 0 saturated carbocycles. The zero-order chi connectivity index (χ0) is 17.0. The molecule has 1 heterocycles. The Hall–Kier alpha value is -1.88. The third-order valence-corrected chi connectivity index (χ3v) is 4.56. The first-order valence-corrected chi connectivity index (χ1v) is 8.25. The van der Waals surface area contributed by atoms with Crippen molar-refractivity contribution in [2.24, 2.45) is 5.92 Å². The number of likely N-dealkylation sites (tertiary alicyclic amines) is 1. The molecule has 23 heavy (non-hydrogen) atoms. The number of hydrogen-bond acceptors (Lipinski definition) is 3. The van der Waals surface area contributed by atoms with Crippen molar-refractivity contribution < 1.29 is 9.59 Å². The number of ketones is 1. The summed E-state index contributed by atoms with van der Waals surface area (Å²) >= 11 is 0. The highest BCUT2D eigenvalue weighted by atomic mass is 16.2. The van der Waals surface area contributed by atoms with Gasteiger partial charge in [0.15, 0.2) is 5.78 Å². The number of nitrogens with one attached hydrogen (secondary N) is 1. The van der Waals surface area contributed by atoms with Crippen molar-refractivity contribution in [3.05, 3.63) is 29.8 Å². The van der Waals surface area contributed by atoms with Crippen LogP contribution in [0.4, 0.5) is 10.5 Å². The van der Waals surface area contributed by atoms with E-state index >= 15 is 0 Å². The minimum atomic E-state index is -0.0639. The van der Waals surface area contributed by atoms with E-state index in [9.17, 15) is 9.59 Å². The Kier molecular flexibility index (Phi) is 5.77. The van der Waals surface area contributed by atoms with Gasteiger partial charge in [-0.25, -0.2) is 4.79 Å². The predicted octanol–water partition coefficient (Wildman–Crippen LogP) is 3.08. The van der Waals surface area contributed by atoms with E-state index in [1.165, 1.54) is 6.92 Å². The van der Waals surface area contributed by atoms with Crippen LogP contribution in [0.25, 0.3) is 0 Å². The number of carbonyl (C=O) groups excluding carboxylic acids is 2. The Bertz CT molecular complexity index is 554. The number of nitrogens with zero attached hydrogens (tertiary/aromatic N) is 2. The van der Waals surface area contributed by atoms with Gasteiger partial charge < -0.3 is 15.1 Å². The monoisotopic (exact) mass is 317 g/mol. The van der Waals surface area contributed by atoms with E-state index in [0.717, 1.165) is 31.6 Å². The number of rotatable bonds is 5. The van der Waals surface area contributed by atoms with Crippen LogP contribution >= 0.6 is 0 Å². The Morgan fingerprint density at radius 2 is 1.87 bits per heavy atom. The van der Waals surface area contributed by atoms with Gasteiger partial charge in [0.2, 0.25) is 0 Å². The van der Waals surface area contributed by atoms with Gasteiger partial charge in [-0.1, -0.05) is 13.3 Å². The summed E-state index contributed by atoms with van der Waals surface area (Å²) in [5.41, 5.74) is 1.38. The number of carbonyl (C=O) groups is 2.